The predicted octanol–water partition coefficient (Wildman–Crippen LogP) is 2.44. The summed E-state index contributed by atoms with van der Waals surface area (Å²) in [5.74, 6) is 0.797. The number of allylic oxidation sites excluding steroid dienone is 1. The van der Waals surface area contributed by atoms with Crippen LogP contribution in [0.15, 0.2) is 51.7 Å². The lowest BCUT2D eigenvalue weighted by molar-refractivity contribution is 0.321. The SMILES string of the molecule is CN\N=C(C)/C(/C=N/O)=C(\C)COc1ccccc1. The Kier molecular flexibility index (Phi) is 6.15. The van der Waals surface area contributed by atoms with Crippen LogP contribution < -0.4 is 10.2 Å². The van der Waals surface area contributed by atoms with Crippen LogP contribution in [0.2, 0.25) is 0 Å². The second-order valence-corrected chi connectivity index (χ2v) is 3.96. The monoisotopic (exact) mass is 261 g/mol. The van der Waals surface area contributed by atoms with Gasteiger partial charge in [0.05, 0.1) is 11.9 Å². The Bertz CT molecular complexity index is 479. The first kappa shape index (κ1) is 14.8. The molecule has 0 aromatic heterocycles. The van der Waals surface area contributed by atoms with Gasteiger partial charge in [0.1, 0.15) is 12.4 Å². The summed E-state index contributed by atoms with van der Waals surface area (Å²) in [6.45, 7) is 4.15. The molecular formula is C14H19N3O2. The van der Waals surface area contributed by atoms with E-state index in [-0.39, 0.29) is 0 Å². The van der Waals surface area contributed by atoms with Crippen molar-refractivity contribution in [2.24, 2.45) is 10.3 Å². The number of hydrogen-bond donors (Lipinski definition) is 2. The van der Waals surface area contributed by atoms with Gasteiger partial charge in [-0.15, -0.1) is 0 Å². The van der Waals surface area contributed by atoms with E-state index < -0.39 is 0 Å². The van der Waals surface area contributed by atoms with Gasteiger partial charge < -0.3 is 15.4 Å². The van der Waals surface area contributed by atoms with Crippen LogP contribution in [0.25, 0.3) is 0 Å². The Morgan fingerprint density at radius 1 is 1.32 bits per heavy atom. The van der Waals surface area contributed by atoms with E-state index in [1.165, 1.54) is 6.21 Å². The fourth-order valence-electron chi connectivity index (χ4n) is 1.58. The fraction of sp³-hybridized carbons (Fsp3) is 0.286. The van der Waals surface area contributed by atoms with Gasteiger partial charge in [0, 0.05) is 12.6 Å². The lowest BCUT2D eigenvalue weighted by Crippen LogP contribution is -2.11. The van der Waals surface area contributed by atoms with Gasteiger partial charge in [-0.3, -0.25) is 0 Å². The largest absolute Gasteiger partial charge is 0.489 e. The van der Waals surface area contributed by atoms with Crippen molar-refractivity contribution in [3.63, 3.8) is 0 Å². The molecule has 0 aliphatic rings. The number of rotatable bonds is 6. The van der Waals surface area contributed by atoms with Gasteiger partial charge in [-0.25, -0.2) is 0 Å². The summed E-state index contributed by atoms with van der Waals surface area (Å²) in [5, 5.41) is 15.8. The summed E-state index contributed by atoms with van der Waals surface area (Å²) >= 11 is 0. The quantitative estimate of drug-likeness (QED) is 0.469. The first-order chi connectivity index (χ1) is 9.19. The van der Waals surface area contributed by atoms with E-state index in [0.717, 1.165) is 22.6 Å². The molecule has 0 atom stereocenters. The first-order valence-electron chi connectivity index (χ1n) is 5.95. The van der Waals surface area contributed by atoms with Gasteiger partial charge in [-0.05, 0) is 31.6 Å². The zero-order valence-corrected chi connectivity index (χ0v) is 11.4. The predicted molar refractivity (Wildman–Crippen MR) is 77.1 cm³/mol. The van der Waals surface area contributed by atoms with E-state index >= 15 is 0 Å². The second-order valence-electron chi connectivity index (χ2n) is 3.96. The Hall–Kier alpha value is -2.30. The molecule has 5 nitrogen and oxygen atoms in total. The van der Waals surface area contributed by atoms with E-state index in [1.54, 1.807) is 7.05 Å². The van der Waals surface area contributed by atoms with Crippen LogP contribution in [0.3, 0.4) is 0 Å². The minimum Gasteiger partial charge on any atom is -0.489 e. The zero-order valence-electron chi connectivity index (χ0n) is 11.4. The number of hydrogen-bond acceptors (Lipinski definition) is 5. The highest BCUT2D eigenvalue weighted by molar-refractivity contribution is 6.15. The molecule has 102 valence electrons. The van der Waals surface area contributed by atoms with Crippen LogP contribution in [-0.4, -0.2) is 30.8 Å². The molecule has 1 aromatic carbocycles. The molecular weight excluding hydrogens is 242 g/mol. The average Bonchev–Trinajstić information content (AvgIpc) is 2.43. The number of nitrogens with zero attached hydrogens (tertiary/aromatic N) is 2. The number of hydrazone groups is 1. The highest BCUT2D eigenvalue weighted by Crippen LogP contribution is 2.12. The van der Waals surface area contributed by atoms with Crippen molar-refractivity contribution in [1.29, 1.82) is 0 Å². The molecule has 0 spiro atoms. The number of para-hydroxylation sites is 1. The standard InChI is InChI=1S/C14H19N3O2/c1-11(10-19-13-7-5-4-6-8-13)14(9-16-18)12(2)17-15-3/h4-9,15,18H,10H2,1-3H3/b14-11+,16-9+,17-12-. The maximum atomic E-state index is 8.71. The van der Waals surface area contributed by atoms with Crippen molar-refractivity contribution < 1.29 is 9.94 Å². The normalized spacial score (nSPS) is 13.3. The molecule has 0 bridgehead atoms. The molecule has 1 rings (SSSR count). The third-order valence-electron chi connectivity index (χ3n) is 2.51. The molecule has 5 heteroatoms. The van der Waals surface area contributed by atoms with E-state index in [1.807, 2.05) is 44.2 Å². The zero-order chi connectivity index (χ0) is 14.1. The van der Waals surface area contributed by atoms with Crippen LogP contribution in [0, 0.1) is 0 Å². The molecule has 2 N–H and O–H groups in total. The van der Waals surface area contributed by atoms with E-state index in [2.05, 4.69) is 15.7 Å². The highest BCUT2D eigenvalue weighted by atomic mass is 16.5. The minimum atomic E-state index is 0.405. The molecule has 19 heavy (non-hydrogen) atoms. The summed E-state index contributed by atoms with van der Waals surface area (Å²) in [6.07, 6.45) is 1.36. The van der Waals surface area contributed by atoms with Gasteiger partial charge in [0.2, 0.25) is 0 Å². The lowest BCUT2D eigenvalue weighted by atomic mass is 10.1. The van der Waals surface area contributed by atoms with Crippen molar-refractivity contribution >= 4 is 11.9 Å². The van der Waals surface area contributed by atoms with Gasteiger partial charge in [-0.1, -0.05) is 23.4 Å². The van der Waals surface area contributed by atoms with Crippen LogP contribution in [0.1, 0.15) is 13.8 Å². The van der Waals surface area contributed by atoms with E-state index in [0.29, 0.717) is 6.61 Å². The molecule has 0 saturated carbocycles. The van der Waals surface area contributed by atoms with Crippen molar-refractivity contribution in [2.75, 3.05) is 13.7 Å². The number of ether oxygens (including phenoxy) is 1. The summed E-state index contributed by atoms with van der Waals surface area (Å²) in [4.78, 5) is 0. The molecule has 1 aromatic rings. The molecule has 0 aliphatic heterocycles. The minimum absolute atomic E-state index is 0.405. The second kappa shape index (κ2) is 7.92. The Labute approximate surface area is 113 Å². The Balaban J connectivity index is 2.82. The molecule has 0 amide bonds. The van der Waals surface area contributed by atoms with E-state index in [9.17, 15) is 0 Å². The average molecular weight is 261 g/mol. The van der Waals surface area contributed by atoms with Crippen LogP contribution >= 0.6 is 0 Å². The number of benzene rings is 1. The van der Waals surface area contributed by atoms with Crippen LogP contribution in [0.4, 0.5) is 0 Å². The fourth-order valence-corrected chi connectivity index (χ4v) is 1.58. The first-order valence-corrected chi connectivity index (χ1v) is 5.95. The number of nitrogens with one attached hydrogen (secondary N) is 1. The summed E-state index contributed by atoms with van der Waals surface area (Å²) in [7, 11) is 1.72. The molecule has 0 radical (unpaired) electrons. The lowest BCUT2D eigenvalue weighted by Gasteiger charge is -2.10. The van der Waals surface area contributed by atoms with Gasteiger partial charge in [0.25, 0.3) is 0 Å². The molecule has 0 heterocycles. The molecule has 0 saturated heterocycles. The topological polar surface area (TPSA) is 66.2 Å². The van der Waals surface area contributed by atoms with Crippen LogP contribution in [0.5, 0.6) is 5.75 Å². The third kappa shape index (κ3) is 4.83. The van der Waals surface area contributed by atoms with Gasteiger partial charge in [0.15, 0.2) is 0 Å². The third-order valence-corrected chi connectivity index (χ3v) is 2.51. The summed E-state index contributed by atoms with van der Waals surface area (Å²) < 4.78 is 5.65. The van der Waals surface area contributed by atoms with E-state index in [4.69, 9.17) is 9.94 Å². The Morgan fingerprint density at radius 2 is 2.00 bits per heavy atom. The van der Waals surface area contributed by atoms with Crippen molar-refractivity contribution in [1.82, 2.24) is 5.43 Å². The maximum absolute atomic E-state index is 8.71. The smallest absolute Gasteiger partial charge is 0.119 e. The summed E-state index contributed by atoms with van der Waals surface area (Å²) in [5.41, 5.74) is 5.11. The number of oxime groups is 1. The highest BCUT2D eigenvalue weighted by Gasteiger charge is 2.06. The van der Waals surface area contributed by atoms with Crippen molar-refractivity contribution in [2.45, 2.75) is 13.8 Å². The maximum Gasteiger partial charge on any atom is 0.119 e. The van der Waals surface area contributed by atoms with Crippen molar-refractivity contribution in [3.8, 4) is 5.75 Å². The van der Waals surface area contributed by atoms with Crippen molar-refractivity contribution in [3.05, 3.63) is 41.5 Å². The van der Waals surface area contributed by atoms with Crippen LogP contribution in [-0.2, 0) is 0 Å². The molecule has 0 unspecified atom stereocenters. The molecule has 0 fully saturated rings. The Morgan fingerprint density at radius 3 is 2.58 bits per heavy atom. The van der Waals surface area contributed by atoms with Gasteiger partial charge in [-0.2, -0.15) is 5.10 Å². The summed E-state index contributed by atoms with van der Waals surface area (Å²) in [6, 6.07) is 9.54. The van der Waals surface area contributed by atoms with Gasteiger partial charge >= 0.3 is 0 Å². The molecule has 0 aliphatic carbocycles.